The summed E-state index contributed by atoms with van der Waals surface area (Å²) in [4.78, 5) is 0. The first-order valence-corrected chi connectivity index (χ1v) is 19.2. The predicted molar refractivity (Wildman–Crippen MR) is 180 cm³/mol. The molecule has 0 aromatic rings. The molecule has 0 bridgehead atoms. The van der Waals surface area contributed by atoms with Gasteiger partial charge in [-0.25, -0.2) is 0 Å². The highest BCUT2D eigenvalue weighted by Gasteiger charge is 2.49. The van der Waals surface area contributed by atoms with Crippen LogP contribution in [0.15, 0.2) is 0 Å². The lowest BCUT2D eigenvalue weighted by Crippen LogP contribution is -2.46. The Morgan fingerprint density at radius 3 is 0.846 bits per heavy atom. The standard InChI is InChI=1S/C22H40.C10H22.C7H16/c1-2-18-22(19-12-6-3-7-13-19,20-14-8-4-9-15-20)21-16-10-5-11-17-21;1-3-5-7-9-10-8-6-4-2;1-3-5-7-6-4-2/h19-21H,2-18H2,1H3;3-10H2,1-2H3;3-7H2,1-2H3. The highest BCUT2D eigenvalue weighted by Crippen LogP contribution is 2.58. The van der Waals surface area contributed by atoms with Gasteiger partial charge in [-0.05, 0) is 68.1 Å². The van der Waals surface area contributed by atoms with Gasteiger partial charge >= 0.3 is 0 Å². The molecule has 0 aliphatic heterocycles. The number of unbranched alkanes of at least 4 members (excludes halogenated alkanes) is 11. The minimum Gasteiger partial charge on any atom is -0.0654 e. The molecule has 0 saturated heterocycles. The summed E-state index contributed by atoms with van der Waals surface area (Å²) in [5.74, 6) is 3.27. The number of hydrogen-bond acceptors (Lipinski definition) is 0. The van der Waals surface area contributed by atoms with Gasteiger partial charge in [-0.15, -0.1) is 0 Å². The van der Waals surface area contributed by atoms with E-state index in [4.69, 9.17) is 0 Å². The van der Waals surface area contributed by atoms with E-state index in [0.717, 1.165) is 23.2 Å². The van der Waals surface area contributed by atoms with E-state index in [-0.39, 0.29) is 0 Å². The van der Waals surface area contributed by atoms with E-state index in [1.54, 1.807) is 44.9 Å². The molecule has 0 N–H and O–H groups in total. The van der Waals surface area contributed by atoms with Crippen molar-refractivity contribution in [2.45, 2.75) is 227 Å². The normalized spacial score (nSPS) is 19.6. The maximum atomic E-state index is 2.48. The molecule has 3 aliphatic rings. The average molecular weight is 547 g/mol. The zero-order chi connectivity index (χ0) is 28.4. The van der Waals surface area contributed by atoms with Gasteiger partial charge in [0.25, 0.3) is 0 Å². The SMILES string of the molecule is CCCC(C1CCCCC1)(C1CCCCC1)C1CCCCC1.CCCCCCC.CCCCCCCCCC. The topological polar surface area (TPSA) is 0 Å². The van der Waals surface area contributed by atoms with Gasteiger partial charge in [0.05, 0.1) is 0 Å². The van der Waals surface area contributed by atoms with Gasteiger partial charge < -0.3 is 0 Å². The first-order chi connectivity index (χ1) is 19.2. The molecule has 3 saturated carbocycles. The summed E-state index contributed by atoms with van der Waals surface area (Å²) in [6.07, 6.45) is 44.7. The van der Waals surface area contributed by atoms with Crippen LogP contribution in [-0.4, -0.2) is 0 Å². The van der Waals surface area contributed by atoms with Crippen LogP contribution in [-0.2, 0) is 0 Å². The van der Waals surface area contributed by atoms with E-state index < -0.39 is 0 Å². The van der Waals surface area contributed by atoms with Gasteiger partial charge in [0.15, 0.2) is 0 Å². The minimum atomic E-state index is 0.760. The fraction of sp³-hybridized carbons (Fsp3) is 1.00. The second-order valence-electron chi connectivity index (χ2n) is 14.0. The predicted octanol–water partition coefficient (Wildman–Crippen LogP) is 14.6. The van der Waals surface area contributed by atoms with Gasteiger partial charge in [-0.1, -0.05) is 182 Å². The van der Waals surface area contributed by atoms with Crippen LogP contribution in [0.1, 0.15) is 227 Å². The molecule has 0 nitrogen and oxygen atoms in total. The molecule has 0 aromatic carbocycles. The van der Waals surface area contributed by atoms with Gasteiger partial charge in [-0.2, -0.15) is 0 Å². The first-order valence-electron chi connectivity index (χ1n) is 19.2. The third-order valence-corrected chi connectivity index (χ3v) is 10.9. The molecule has 234 valence electrons. The van der Waals surface area contributed by atoms with E-state index in [9.17, 15) is 0 Å². The largest absolute Gasteiger partial charge is 0.0654 e. The molecule has 0 aromatic heterocycles. The Morgan fingerprint density at radius 1 is 0.333 bits per heavy atom. The molecular weight excluding hydrogens is 468 g/mol. The lowest BCUT2D eigenvalue weighted by molar-refractivity contribution is -0.0559. The molecule has 0 atom stereocenters. The van der Waals surface area contributed by atoms with Crippen LogP contribution in [0.3, 0.4) is 0 Å². The third-order valence-electron chi connectivity index (χ3n) is 10.9. The Kier molecular flexibility index (Phi) is 24.4. The third kappa shape index (κ3) is 15.2. The van der Waals surface area contributed by atoms with Crippen LogP contribution in [0, 0.1) is 23.2 Å². The zero-order valence-electron chi connectivity index (χ0n) is 28.4. The molecule has 0 heteroatoms. The minimum absolute atomic E-state index is 0.760. The van der Waals surface area contributed by atoms with Gasteiger partial charge in [0.1, 0.15) is 0 Å². The van der Waals surface area contributed by atoms with Gasteiger partial charge in [0, 0.05) is 0 Å². The van der Waals surface area contributed by atoms with Gasteiger partial charge in [-0.3, -0.25) is 0 Å². The fourth-order valence-electron chi connectivity index (χ4n) is 8.85. The van der Waals surface area contributed by atoms with Crippen LogP contribution in [0.25, 0.3) is 0 Å². The molecule has 3 fully saturated rings. The summed E-state index contributed by atoms with van der Waals surface area (Å²) in [6.45, 7) is 11.5. The van der Waals surface area contributed by atoms with Crippen molar-refractivity contribution in [3.63, 3.8) is 0 Å². The van der Waals surface area contributed by atoms with Crippen LogP contribution < -0.4 is 0 Å². The second-order valence-corrected chi connectivity index (χ2v) is 14.0. The molecule has 0 unspecified atom stereocenters. The van der Waals surface area contributed by atoms with E-state index >= 15 is 0 Å². The highest BCUT2D eigenvalue weighted by atomic mass is 14.5. The second kappa shape index (κ2) is 25.7. The van der Waals surface area contributed by atoms with Crippen molar-refractivity contribution < 1.29 is 0 Å². The quantitative estimate of drug-likeness (QED) is 0.169. The van der Waals surface area contributed by atoms with E-state index in [1.165, 1.54) is 148 Å². The lowest BCUT2D eigenvalue weighted by Gasteiger charge is -2.55. The lowest BCUT2D eigenvalue weighted by atomic mass is 9.50. The van der Waals surface area contributed by atoms with Crippen LogP contribution in [0.2, 0.25) is 0 Å². The Balaban J connectivity index is 0.000000372. The molecule has 3 rings (SSSR count). The molecule has 0 spiro atoms. The maximum absolute atomic E-state index is 2.48. The van der Waals surface area contributed by atoms with Crippen molar-refractivity contribution in [3.05, 3.63) is 0 Å². The van der Waals surface area contributed by atoms with E-state index in [2.05, 4.69) is 34.6 Å². The summed E-state index contributed by atoms with van der Waals surface area (Å²) in [6, 6.07) is 0. The number of rotatable bonds is 16. The summed E-state index contributed by atoms with van der Waals surface area (Å²) < 4.78 is 0. The Morgan fingerprint density at radius 2 is 0.590 bits per heavy atom. The zero-order valence-corrected chi connectivity index (χ0v) is 28.4. The monoisotopic (exact) mass is 547 g/mol. The van der Waals surface area contributed by atoms with Crippen LogP contribution >= 0.6 is 0 Å². The summed E-state index contributed by atoms with van der Waals surface area (Å²) in [5.41, 5.74) is 0.760. The smallest absolute Gasteiger partial charge is 0.0213 e. The highest BCUT2D eigenvalue weighted by molar-refractivity contribution is 4.99. The number of hydrogen-bond donors (Lipinski definition) is 0. The van der Waals surface area contributed by atoms with Crippen molar-refractivity contribution >= 4 is 0 Å². The van der Waals surface area contributed by atoms with Crippen molar-refractivity contribution in [1.82, 2.24) is 0 Å². The molecule has 0 radical (unpaired) electrons. The average Bonchev–Trinajstić information content (AvgIpc) is 3.00. The molecule has 3 aliphatic carbocycles. The summed E-state index contributed by atoms with van der Waals surface area (Å²) >= 11 is 0. The first kappa shape index (κ1) is 37.0. The summed E-state index contributed by atoms with van der Waals surface area (Å²) in [5, 5.41) is 0. The molecule has 39 heavy (non-hydrogen) atoms. The van der Waals surface area contributed by atoms with Crippen LogP contribution in [0.5, 0.6) is 0 Å². The van der Waals surface area contributed by atoms with Crippen molar-refractivity contribution in [2.24, 2.45) is 23.2 Å². The maximum Gasteiger partial charge on any atom is -0.0213 e. The molecule has 0 amide bonds. The summed E-state index contributed by atoms with van der Waals surface area (Å²) in [7, 11) is 0. The Bertz CT molecular complexity index is 417. The molecular formula is C39H78. The Hall–Kier alpha value is 0. The molecule has 0 heterocycles. The van der Waals surface area contributed by atoms with Gasteiger partial charge in [0.2, 0.25) is 0 Å². The van der Waals surface area contributed by atoms with Crippen molar-refractivity contribution in [3.8, 4) is 0 Å². The van der Waals surface area contributed by atoms with E-state index in [1.807, 2.05) is 0 Å². The van der Waals surface area contributed by atoms with Crippen molar-refractivity contribution in [2.75, 3.05) is 0 Å². The van der Waals surface area contributed by atoms with E-state index in [0.29, 0.717) is 0 Å². The van der Waals surface area contributed by atoms with Crippen LogP contribution in [0.4, 0.5) is 0 Å². The fourth-order valence-corrected chi connectivity index (χ4v) is 8.85. The van der Waals surface area contributed by atoms with Crippen molar-refractivity contribution in [1.29, 1.82) is 0 Å². The Labute approximate surface area is 250 Å².